The highest BCUT2D eigenvalue weighted by molar-refractivity contribution is 7.16. The van der Waals surface area contributed by atoms with Gasteiger partial charge in [-0.2, -0.15) is 0 Å². The van der Waals surface area contributed by atoms with Crippen LogP contribution in [0.3, 0.4) is 0 Å². The average Bonchev–Trinajstić information content (AvgIpc) is 3.15. The lowest BCUT2D eigenvalue weighted by Gasteiger charge is -2.27. The van der Waals surface area contributed by atoms with E-state index in [1.165, 1.54) is 5.56 Å². The van der Waals surface area contributed by atoms with Crippen molar-refractivity contribution in [1.29, 1.82) is 0 Å². The molecular weight excluding hydrogens is 406 g/mol. The van der Waals surface area contributed by atoms with E-state index in [1.54, 1.807) is 11.3 Å². The van der Waals surface area contributed by atoms with Crippen molar-refractivity contribution >= 4 is 28.1 Å². The van der Waals surface area contributed by atoms with E-state index in [0.717, 1.165) is 79.4 Å². The number of hydrogen-bond acceptors (Lipinski definition) is 7. The minimum absolute atomic E-state index is 0.623. The number of aromatic nitrogens is 3. The number of morpholine rings is 1. The monoisotopic (exact) mass is 427 g/mol. The molecule has 150 valence electrons. The van der Waals surface area contributed by atoms with Crippen molar-refractivity contribution in [2.24, 2.45) is 0 Å². The minimum Gasteiger partial charge on any atom is -0.378 e. The second kappa shape index (κ2) is 8.36. The van der Waals surface area contributed by atoms with Crippen LogP contribution in [0.5, 0.6) is 0 Å². The number of benzene rings is 1. The number of nitrogens with zero attached hydrogens (tertiary/aromatic N) is 5. The molecule has 29 heavy (non-hydrogen) atoms. The molecule has 5 rings (SSSR count). The molecule has 0 spiro atoms. The van der Waals surface area contributed by atoms with Gasteiger partial charge in [-0.1, -0.05) is 53.3 Å². The zero-order valence-electron chi connectivity index (χ0n) is 16.1. The van der Waals surface area contributed by atoms with Gasteiger partial charge in [-0.25, -0.2) is 15.0 Å². The first kappa shape index (κ1) is 18.9. The van der Waals surface area contributed by atoms with E-state index in [1.807, 2.05) is 24.4 Å². The molecule has 0 saturated carbocycles. The zero-order chi connectivity index (χ0) is 19.6. The highest BCUT2D eigenvalue weighted by Gasteiger charge is 2.23. The van der Waals surface area contributed by atoms with Crippen molar-refractivity contribution in [3.63, 3.8) is 0 Å². The summed E-state index contributed by atoms with van der Waals surface area (Å²) >= 11 is 8.16. The van der Waals surface area contributed by atoms with Gasteiger partial charge in [0.15, 0.2) is 11.0 Å². The Bertz CT molecular complexity index is 990. The molecular formula is C21H22ClN5OS. The number of halogens is 1. The fraction of sp³-hybridized carbons (Fsp3) is 0.381. The van der Waals surface area contributed by atoms with Crippen molar-refractivity contribution < 1.29 is 4.74 Å². The van der Waals surface area contributed by atoms with Crippen LogP contribution in [0.25, 0.3) is 11.4 Å². The van der Waals surface area contributed by atoms with Gasteiger partial charge in [-0.05, 0) is 0 Å². The highest BCUT2D eigenvalue weighted by Crippen LogP contribution is 2.32. The van der Waals surface area contributed by atoms with Gasteiger partial charge in [0.25, 0.3) is 0 Å². The Morgan fingerprint density at radius 1 is 1.07 bits per heavy atom. The average molecular weight is 428 g/mol. The van der Waals surface area contributed by atoms with Crippen molar-refractivity contribution in [2.75, 3.05) is 37.7 Å². The standard InChI is InChI=1S/C21H22ClN5OS/c22-19-18(29-21(25-19)27-8-10-28-11-9-27)14-26-7-6-17-16(13-26)12-23-20(24-17)15-4-2-1-3-5-15/h1-5,12H,6-11,13-14H2. The first-order valence-electron chi connectivity index (χ1n) is 9.87. The summed E-state index contributed by atoms with van der Waals surface area (Å²) in [6.07, 6.45) is 2.90. The van der Waals surface area contributed by atoms with Crippen molar-refractivity contribution in [3.8, 4) is 11.4 Å². The Labute approximate surface area is 179 Å². The summed E-state index contributed by atoms with van der Waals surface area (Å²) in [5.41, 5.74) is 3.41. The van der Waals surface area contributed by atoms with E-state index in [9.17, 15) is 0 Å². The molecule has 1 saturated heterocycles. The molecule has 0 amide bonds. The van der Waals surface area contributed by atoms with Gasteiger partial charge in [0.1, 0.15) is 5.15 Å². The predicted molar refractivity (Wildman–Crippen MR) is 115 cm³/mol. The van der Waals surface area contributed by atoms with E-state index in [-0.39, 0.29) is 0 Å². The summed E-state index contributed by atoms with van der Waals surface area (Å²) in [6.45, 7) is 5.86. The molecule has 2 aliphatic rings. The van der Waals surface area contributed by atoms with Crippen LogP contribution < -0.4 is 4.90 Å². The molecule has 1 fully saturated rings. The van der Waals surface area contributed by atoms with Crippen molar-refractivity contribution in [3.05, 3.63) is 57.8 Å². The molecule has 0 radical (unpaired) electrons. The lowest BCUT2D eigenvalue weighted by Crippen LogP contribution is -2.36. The first-order valence-corrected chi connectivity index (χ1v) is 11.1. The predicted octanol–water partition coefficient (Wildman–Crippen LogP) is 3.65. The number of fused-ring (bicyclic) bond motifs is 1. The fourth-order valence-electron chi connectivity index (χ4n) is 3.75. The largest absolute Gasteiger partial charge is 0.378 e. The Hall–Kier alpha value is -2.06. The molecule has 0 bridgehead atoms. The summed E-state index contributed by atoms with van der Waals surface area (Å²) in [4.78, 5) is 19.8. The molecule has 2 aliphatic heterocycles. The Morgan fingerprint density at radius 2 is 1.90 bits per heavy atom. The van der Waals surface area contributed by atoms with Crippen molar-refractivity contribution in [2.45, 2.75) is 19.5 Å². The van der Waals surface area contributed by atoms with Crippen LogP contribution >= 0.6 is 22.9 Å². The normalized spacial score (nSPS) is 17.3. The highest BCUT2D eigenvalue weighted by atomic mass is 35.5. The van der Waals surface area contributed by atoms with Gasteiger partial charge < -0.3 is 9.64 Å². The Balaban J connectivity index is 1.28. The topological polar surface area (TPSA) is 54.4 Å². The SMILES string of the molecule is Clc1nc(N2CCOCC2)sc1CN1CCc2nc(-c3ccccc3)ncc2C1. The third-order valence-corrected chi connectivity index (χ3v) is 6.86. The maximum atomic E-state index is 6.46. The Morgan fingerprint density at radius 3 is 2.72 bits per heavy atom. The summed E-state index contributed by atoms with van der Waals surface area (Å²) in [5.74, 6) is 0.804. The van der Waals surface area contributed by atoms with Gasteiger partial charge in [0.2, 0.25) is 0 Å². The van der Waals surface area contributed by atoms with Gasteiger partial charge >= 0.3 is 0 Å². The van der Waals surface area contributed by atoms with E-state index < -0.39 is 0 Å². The van der Waals surface area contributed by atoms with Gasteiger partial charge in [0, 0.05) is 56.5 Å². The quantitative estimate of drug-likeness (QED) is 0.633. The van der Waals surface area contributed by atoms with Crippen molar-refractivity contribution in [1.82, 2.24) is 19.9 Å². The van der Waals surface area contributed by atoms with E-state index in [2.05, 4.69) is 31.9 Å². The smallest absolute Gasteiger partial charge is 0.187 e. The second-order valence-electron chi connectivity index (χ2n) is 7.30. The second-order valence-corrected chi connectivity index (χ2v) is 8.72. The zero-order valence-corrected chi connectivity index (χ0v) is 17.6. The van der Waals surface area contributed by atoms with Crippen LogP contribution in [0.1, 0.15) is 16.1 Å². The van der Waals surface area contributed by atoms with E-state index >= 15 is 0 Å². The molecule has 2 aromatic heterocycles. The van der Waals surface area contributed by atoms with Gasteiger partial charge in [-0.15, -0.1) is 0 Å². The summed E-state index contributed by atoms with van der Waals surface area (Å²) in [6, 6.07) is 10.1. The maximum Gasteiger partial charge on any atom is 0.187 e. The third-order valence-electron chi connectivity index (χ3n) is 5.33. The third kappa shape index (κ3) is 4.14. The fourth-order valence-corrected chi connectivity index (χ4v) is 5.10. The summed E-state index contributed by atoms with van der Waals surface area (Å²) in [7, 11) is 0. The molecule has 0 atom stereocenters. The van der Waals surface area contributed by atoms with Gasteiger partial charge in [-0.3, -0.25) is 4.90 Å². The molecule has 1 aromatic carbocycles. The summed E-state index contributed by atoms with van der Waals surface area (Å²) in [5, 5.41) is 1.62. The maximum absolute atomic E-state index is 6.46. The molecule has 0 N–H and O–H groups in total. The number of hydrogen-bond donors (Lipinski definition) is 0. The number of rotatable bonds is 4. The van der Waals surface area contributed by atoms with Crippen LogP contribution in [0, 0.1) is 0 Å². The molecule has 0 aliphatic carbocycles. The summed E-state index contributed by atoms with van der Waals surface area (Å²) < 4.78 is 5.43. The lowest BCUT2D eigenvalue weighted by molar-refractivity contribution is 0.122. The van der Waals surface area contributed by atoms with E-state index in [4.69, 9.17) is 21.3 Å². The lowest BCUT2D eigenvalue weighted by atomic mass is 10.1. The number of anilines is 1. The molecule has 8 heteroatoms. The number of thiazole rings is 1. The van der Waals surface area contributed by atoms with Crippen LogP contribution in [0.2, 0.25) is 5.15 Å². The minimum atomic E-state index is 0.623. The van der Waals surface area contributed by atoms with Crippen LogP contribution in [0.15, 0.2) is 36.5 Å². The molecule has 0 unspecified atom stereocenters. The van der Waals surface area contributed by atoms with Crippen LogP contribution in [-0.2, 0) is 24.2 Å². The van der Waals surface area contributed by atoms with Crippen LogP contribution in [-0.4, -0.2) is 52.7 Å². The molecule has 6 nitrogen and oxygen atoms in total. The first-order chi connectivity index (χ1) is 14.3. The van der Waals surface area contributed by atoms with E-state index in [0.29, 0.717) is 5.15 Å². The number of ether oxygens (including phenoxy) is 1. The van der Waals surface area contributed by atoms with Gasteiger partial charge in [0.05, 0.1) is 23.8 Å². The molecule has 4 heterocycles. The van der Waals surface area contributed by atoms with Crippen LogP contribution in [0.4, 0.5) is 5.13 Å². The molecule has 3 aromatic rings. The Kier molecular flexibility index (Phi) is 5.46.